The third-order valence-corrected chi connectivity index (χ3v) is 4.86. The van der Waals surface area contributed by atoms with Gasteiger partial charge in [-0.05, 0) is 61.6 Å². The second-order valence-electron chi connectivity index (χ2n) is 7.06. The summed E-state index contributed by atoms with van der Waals surface area (Å²) in [4.78, 5) is 22.6. The van der Waals surface area contributed by atoms with Crippen LogP contribution in [-0.4, -0.2) is 12.1 Å². The average molecular weight is 318 g/mol. The molecular weight excluding hydrogens is 288 g/mol. The predicted octanol–water partition coefficient (Wildman–Crippen LogP) is 5.33. The van der Waals surface area contributed by atoms with Crippen LogP contribution in [0.2, 0.25) is 0 Å². The summed E-state index contributed by atoms with van der Waals surface area (Å²) in [5.41, 5.74) is 1.83. The van der Waals surface area contributed by atoms with Crippen LogP contribution in [0.4, 0.5) is 0 Å². The molecule has 1 saturated carbocycles. The molecule has 1 fully saturated rings. The van der Waals surface area contributed by atoms with Gasteiger partial charge >= 0.3 is 5.97 Å². The first kappa shape index (κ1) is 18.0. The van der Waals surface area contributed by atoms with Crippen LogP contribution in [-0.2, 0) is 16.2 Å². The Hall–Kier alpha value is -1.35. The van der Waals surface area contributed by atoms with Gasteiger partial charge in [0.1, 0.15) is 6.10 Å². The number of hydrogen-bond acceptors (Lipinski definition) is 3. The van der Waals surface area contributed by atoms with Crippen LogP contribution >= 0.6 is 0 Å². The summed E-state index contributed by atoms with van der Waals surface area (Å²) >= 11 is 0. The van der Waals surface area contributed by atoms with E-state index in [2.05, 4.69) is 20.8 Å². The Morgan fingerprint density at radius 2 is 1.87 bits per heavy atom. The summed E-state index contributed by atoms with van der Waals surface area (Å²) in [5, 5.41) is 0. The zero-order chi connectivity index (χ0) is 16.7. The zero-order valence-electron chi connectivity index (χ0n) is 14.7. The molecule has 0 bridgehead atoms. The lowest BCUT2D eigenvalue weighted by Crippen LogP contribution is -2.29. The minimum atomic E-state index is -0.393. The van der Waals surface area contributed by atoms with Crippen molar-refractivity contribution in [1.82, 2.24) is 0 Å². The van der Waals surface area contributed by atoms with E-state index in [0.717, 1.165) is 31.6 Å². The minimum absolute atomic E-state index is 0.0310. The molecule has 1 aromatic carbocycles. The molecule has 0 N–H and O–H groups in total. The van der Waals surface area contributed by atoms with E-state index in [1.54, 1.807) is 0 Å². The molecule has 3 nitrogen and oxygen atoms in total. The molecule has 0 aliphatic heterocycles. The average Bonchev–Trinajstić information content (AvgIpc) is 2.55. The number of benzene rings is 1. The Morgan fingerprint density at radius 1 is 1.13 bits per heavy atom. The first-order valence-electron chi connectivity index (χ1n) is 9.06. The molecule has 3 atom stereocenters. The molecule has 0 saturated heterocycles. The topological polar surface area (TPSA) is 35.5 Å². The van der Waals surface area contributed by atoms with Crippen molar-refractivity contribution in [1.29, 1.82) is 0 Å². The molecule has 1 aromatic rings. The highest BCUT2D eigenvalue weighted by Gasteiger charge is 2.28. The van der Waals surface area contributed by atoms with Gasteiger partial charge < -0.3 is 0 Å². The molecule has 0 aromatic heterocycles. The Balaban J connectivity index is 1.79. The fraction of sp³-hybridized carbons (Fsp3) is 0.650. The van der Waals surface area contributed by atoms with Crippen molar-refractivity contribution in [3.63, 3.8) is 0 Å². The Kier molecular flexibility index (Phi) is 7.10. The van der Waals surface area contributed by atoms with Gasteiger partial charge in [0, 0.05) is 0 Å². The van der Waals surface area contributed by atoms with Crippen LogP contribution in [0.15, 0.2) is 24.3 Å². The highest BCUT2D eigenvalue weighted by atomic mass is 17.2. The SMILES string of the molecule is CCCCCc1ccc(C(=O)OOC2CCC(C)CC2C)cc1. The van der Waals surface area contributed by atoms with Gasteiger partial charge in [0.25, 0.3) is 0 Å². The maximum atomic E-state index is 12.1. The Morgan fingerprint density at radius 3 is 2.52 bits per heavy atom. The van der Waals surface area contributed by atoms with Gasteiger partial charge in [-0.15, -0.1) is 0 Å². The molecule has 1 aliphatic rings. The standard InChI is InChI=1S/C20H30O3/c1-4-5-6-7-17-9-11-18(12-10-17)20(21)23-22-19-13-8-15(2)14-16(19)3/h9-12,15-16,19H,4-8,13-14H2,1-3H3. The van der Waals surface area contributed by atoms with Crippen molar-refractivity contribution in [2.24, 2.45) is 11.8 Å². The highest BCUT2D eigenvalue weighted by Crippen LogP contribution is 2.30. The van der Waals surface area contributed by atoms with E-state index in [-0.39, 0.29) is 6.10 Å². The van der Waals surface area contributed by atoms with Crippen LogP contribution in [0, 0.1) is 11.8 Å². The number of unbranched alkanes of at least 4 members (excludes halogenated alkanes) is 2. The fourth-order valence-electron chi connectivity index (χ4n) is 3.32. The quantitative estimate of drug-likeness (QED) is 0.387. The molecule has 1 aliphatic carbocycles. The molecule has 0 radical (unpaired) electrons. The summed E-state index contributed by atoms with van der Waals surface area (Å²) in [6.07, 6.45) is 8.00. The zero-order valence-corrected chi connectivity index (χ0v) is 14.7. The number of hydrogen-bond donors (Lipinski definition) is 0. The number of carbonyl (C=O) groups is 1. The molecule has 3 heteroatoms. The summed E-state index contributed by atoms with van der Waals surface area (Å²) in [7, 11) is 0. The lowest BCUT2D eigenvalue weighted by molar-refractivity contribution is -0.290. The third-order valence-electron chi connectivity index (χ3n) is 4.86. The molecule has 3 unspecified atom stereocenters. The molecule has 128 valence electrons. The highest BCUT2D eigenvalue weighted by molar-refractivity contribution is 5.88. The molecule has 2 rings (SSSR count). The van der Waals surface area contributed by atoms with Gasteiger partial charge in [-0.2, -0.15) is 4.89 Å². The van der Waals surface area contributed by atoms with E-state index >= 15 is 0 Å². The number of aryl methyl sites for hydroxylation is 1. The summed E-state index contributed by atoms with van der Waals surface area (Å²) in [6, 6.07) is 7.69. The van der Waals surface area contributed by atoms with Crippen LogP contribution in [0.1, 0.15) is 75.2 Å². The van der Waals surface area contributed by atoms with Crippen molar-refractivity contribution >= 4 is 5.97 Å². The van der Waals surface area contributed by atoms with E-state index in [0.29, 0.717) is 11.5 Å². The first-order chi connectivity index (χ1) is 11.1. The van der Waals surface area contributed by atoms with Gasteiger partial charge in [0.2, 0.25) is 0 Å². The van der Waals surface area contributed by atoms with Gasteiger partial charge in [-0.1, -0.05) is 45.7 Å². The molecule has 0 spiro atoms. The first-order valence-corrected chi connectivity index (χ1v) is 9.06. The smallest absolute Gasteiger partial charge is 0.293 e. The van der Waals surface area contributed by atoms with Gasteiger partial charge in [-0.3, -0.25) is 4.89 Å². The van der Waals surface area contributed by atoms with E-state index in [9.17, 15) is 4.79 Å². The van der Waals surface area contributed by atoms with Crippen molar-refractivity contribution in [3.8, 4) is 0 Å². The maximum absolute atomic E-state index is 12.1. The van der Waals surface area contributed by atoms with Crippen molar-refractivity contribution < 1.29 is 14.6 Å². The van der Waals surface area contributed by atoms with Crippen molar-refractivity contribution in [3.05, 3.63) is 35.4 Å². The van der Waals surface area contributed by atoms with Crippen LogP contribution in [0.5, 0.6) is 0 Å². The Labute approximate surface area is 140 Å². The van der Waals surface area contributed by atoms with E-state index in [1.165, 1.54) is 24.8 Å². The molecule has 0 heterocycles. The largest absolute Gasteiger partial charge is 0.373 e. The molecule has 23 heavy (non-hydrogen) atoms. The second-order valence-corrected chi connectivity index (χ2v) is 7.06. The molecule has 0 amide bonds. The van der Waals surface area contributed by atoms with Gasteiger partial charge in [0.05, 0.1) is 5.56 Å². The van der Waals surface area contributed by atoms with Crippen molar-refractivity contribution in [2.75, 3.05) is 0 Å². The van der Waals surface area contributed by atoms with Gasteiger partial charge in [0.15, 0.2) is 0 Å². The number of carbonyl (C=O) groups excluding carboxylic acids is 1. The summed E-state index contributed by atoms with van der Waals surface area (Å²) < 4.78 is 0. The summed E-state index contributed by atoms with van der Waals surface area (Å²) in [5.74, 6) is 0.782. The van der Waals surface area contributed by atoms with Crippen LogP contribution in [0.3, 0.4) is 0 Å². The fourth-order valence-corrected chi connectivity index (χ4v) is 3.32. The third kappa shape index (κ3) is 5.65. The van der Waals surface area contributed by atoms with E-state index in [1.807, 2.05) is 24.3 Å². The maximum Gasteiger partial charge on any atom is 0.373 e. The van der Waals surface area contributed by atoms with Crippen molar-refractivity contribution in [2.45, 2.75) is 71.8 Å². The van der Waals surface area contributed by atoms with Gasteiger partial charge in [-0.25, -0.2) is 4.79 Å². The Bertz CT molecular complexity index is 480. The monoisotopic (exact) mass is 318 g/mol. The minimum Gasteiger partial charge on any atom is -0.293 e. The molecular formula is C20H30O3. The predicted molar refractivity (Wildman–Crippen MR) is 92.1 cm³/mol. The summed E-state index contributed by atoms with van der Waals surface area (Å²) in [6.45, 7) is 6.63. The second kappa shape index (κ2) is 9.07. The van der Waals surface area contributed by atoms with Crippen LogP contribution < -0.4 is 0 Å². The lowest BCUT2D eigenvalue weighted by atomic mass is 9.81. The number of rotatable bonds is 7. The van der Waals surface area contributed by atoms with E-state index in [4.69, 9.17) is 9.78 Å². The van der Waals surface area contributed by atoms with E-state index < -0.39 is 5.97 Å². The normalized spacial score (nSPS) is 24.4. The lowest BCUT2D eigenvalue weighted by Gasteiger charge is -2.30. The van der Waals surface area contributed by atoms with Crippen LogP contribution in [0.25, 0.3) is 0 Å².